The highest BCUT2D eigenvalue weighted by atomic mass is 16.5. The van der Waals surface area contributed by atoms with Crippen LogP contribution in [0.5, 0.6) is 0 Å². The van der Waals surface area contributed by atoms with Crippen LogP contribution in [0.2, 0.25) is 0 Å². The molecule has 2 atom stereocenters. The van der Waals surface area contributed by atoms with Gasteiger partial charge in [-0.15, -0.1) is 0 Å². The fourth-order valence-electron chi connectivity index (χ4n) is 5.16. The van der Waals surface area contributed by atoms with Crippen LogP contribution in [-0.2, 0) is 4.74 Å². The Balaban J connectivity index is 1.43. The van der Waals surface area contributed by atoms with Gasteiger partial charge in [-0.2, -0.15) is 0 Å². The predicted molar refractivity (Wildman–Crippen MR) is 160 cm³/mol. The summed E-state index contributed by atoms with van der Waals surface area (Å²) < 4.78 is 4.90. The quantitative estimate of drug-likeness (QED) is 0.200. The number of methoxy groups -OCH3 is 1. The van der Waals surface area contributed by atoms with Crippen molar-refractivity contribution in [3.05, 3.63) is 132 Å². The summed E-state index contributed by atoms with van der Waals surface area (Å²) in [6.07, 6.45) is 5.35. The molecule has 0 N–H and O–H groups in total. The number of benzene rings is 5. The molecule has 0 aliphatic rings. The van der Waals surface area contributed by atoms with Gasteiger partial charge in [-0.3, -0.25) is 0 Å². The molecule has 0 heterocycles. The number of fused-ring (bicyclic) bond motifs is 2. The number of carbonyl (C=O) groups excluding carboxylic acids is 1. The average Bonchev–Trinajstić information content (AvgIpc) is 2.98. The topological polar surface area (TPSA) is 29.5 Å². The fourth-order valence-corrected chi connectivity index (χ4v) is 5.16. The maximum Gasteiger partial charge on any atom is 0.337 e. The molecule has 2 unspecified atom stereocenters. The second kappa shape index (κ2) is 11.4. The minimum absolute atomic E-state index is 0.210. The van der Waals surface area contributed by atoms with Crippen molar-refractivity contribution in [3.8, 4) is 0 Å². The molecule has 5 rings (SSSR count). The van der Waals surface area contributed by atoms with Crippen LogP contribution < -0.4 is 4.90 Å². The van der Waals surface area contributed by atoms with Crippen LogP contribution in [0.15, 0.2) is 115 Å². The smallest absolute Gasteiger partial charge is 0.337 e. The van der Waals surface area contributed by atoms with Gasteiger partial charge in [-0.05, 0) is 76.3 Å². The van der Waals surface area contributed by atoms with Crippen molar-refractivity contribution in [1.82, 2.24) is 0 Å². The molecule has 0 bridgehead atoms. The third-order valence-corrected chi connectivity index (χ3v) is 7.57. The summed E-state index contributed by atoms with van der Waals surface area (Å²) in [5, 5.41) is 4.97. The highest BCUT2D eigenvalue weighted by Crippen LogP contribution is 2.32. The maximum absolute atomic E-state index is 12.0. The third kappa shape index (κ3) is 5.47. The molecule has 0 saturated carbocycles. The minimum atomic E-state index is -0.314. The van der Waals surface area contributed by atoms with Gasteiger partial charge < -0.3 is 9.64 Å². The molecule has 5 aromatic rings. The Morgan fingerprint density at radius 1 is 0.789 bits per heavy atom. The first-order valence-corrected chi connectivity index (χ1v) is 13.1. The number of allylic oxidation sites excluding steroid dienone is 1. The summed E-state index contributed by atoms with van der Waals surface area (Å²) in [4.78, 5) is 14.4. The first-order valence-electron chi connectivity index (χ1n) is 13.1. The Hall–Kier alpha value is -4.37. The van der Waals surface area contributed by atoms with E-state index in [2.05, 4.69) is 128 Å². The second-order valence-electron chi connectivity index (χ2n) is 9.85. The van der Waals surface area contributed by atoms with Gasteiger partial charge >= 0.3 is 5.97 Å². The molecule has 0 aromatic heterocycles. The lowest BCUT2D eigenvalue weighted by molar-refractivity contribution is 0.0600. The molecule has 0 saturated heterocycles. The number of ether oxygens (including phenoxy) is 1. The van der Waals surface area contributed by atoms with E-state index in [0.29, 0.717) is 5.56 Å². The highest BCUT2D eigenvalue weighted by Gasteiger charge is 2.23. The van der Waals surface area contributed by atoms with Gasteiger partial charge in [0.05, 0.1) is 12.7 Å². The zero-order valence-electron chi connectivity index (χ0n) is 22.2. The van der Waals surface area contributed by atoms with Crippen LogP contribution >= 0.6 is 0 Å². The Morgan fingerprint density at radius 2 is 1.39 bits per heavy atom. The van der Waals surface area contributed by atoms with Crippen molar-refractivity contribution < 1.29 is 9.53 Å². The van der Waals surface area contributed by atoms with E-state index in [1.54, 1.807) is 0 Å². The van der Waals surface area contributed by atoms with E-state index in [1.165, 1.54) is 45.5 Å². The lowest BCUT2D eigenvalue weighted by Crippen LogP contribution is -2.34. The Bertz CT molecular complexity index is 1590. The van der Waals surface area contributed by atoms with Crippen LogP contribution in [0.3, 0.4) is 0 Å². The molecule has 3 nitrogen and oxygen atoms in total. The van der Waals surface area contributed by atoms with Crippen molar-refractivity contribution >= 4 is 39.3 Å². The SMILES string of the molecule is COC(=O)c1ccc(C(CC=Cc2ccc3ccccc3c2)C(C)N(C)c2ccc3ccccc3c2)cc1. The van der Waals surface area contributed by atoms with Crippen LogP contribution in [0, 0.1) is 0 Å². The largest absolute Gasteiger partial charge is 0.465 e. The Kier molecular flexibility index (Phi) is 7.55. The van der Waals surface area contributed by atoms with E-state index in [9.17, 15) is 4.79 Å². The molecular weight excluding hydrogens is 466 g/mol. The van der Waals surface area contributed by atoms with E-state index in [1.807, 2.05) is 12.1 Å². The Morgan fingerprint density at radius 3 is 2.05 bits per heavy atom. The highest BCUT2D eigenvalue weighted by molar-refractivity contribution is 5.89. The number of esters is 1. The van der Waals surface area contributed by atoms with Gasteiger partial charge in [-0.25, -0.2) is 4.79 Å². The first kappa shape index (κ1) is 25.3. The van der Waals surface area contributed by atoms with E-state index in [4.69, 9.17) is 4.74 Å². The number of likely N-dealkylation sites (N-methyl/N-ethyl adjacent to an activating group) is 1. The summed E-state index contributed by atoms with van der Waals surface area (Å²) >= 11 is 0. The summed E-state index contributed by atoms with van der Waals surface area (Å²) in [6.45, 7) is 2.28. The number of anilines is 1. The summed E-state index contributed by atoms with van der Waals surface area (Å²) in [5.74, 6) is -0.0968. The van der Waals surface area contributed by atoms with Gasteiger partial charge in [0.1, 0.15) is 0 Å². The second-order valence-corrected chi connectivity index (χ2v) is 9.85. The lowest BCUT2D eigenvalue weighted by atomic mass is 9.87. The summed E-state index contributed by atoms with van der Waals surface area (Å²) in [5.41, 5.74) is 4.14. The monoisotopic (exact) mass is 499 g/mol. The maximum atomic E-state index is 12.0. The predicted octanol–water partition coefficient (Wildman–Crippen LogP) is 8.49. The summed E-state index contributed by atoms with van der Waals surface area (Å²) in [6, 6.07) is 38.2. The van der Waals surface area contributed by atoms with Crippen molar-refractivity contribution in [1.29, 1.82) is 0 Å². The van der Waals surface area contributed by atoms with Crippen LogP contribution in [-0.4, -0.2) is 26.2 Å². The average molecular weight is 500 g/mol. The molecule has 190 valence electrons. The third-order valence-electron chi connectivity index (χ3n) is 7.57. The number of nitrogens with zero attached hydrogens (tertiary/aromatic N) is 1. The summed E-state index contributed by atoms with van der Waals surface area (Å²) in [7, 11) is 3.58. The molecule has 5 aromatic carbocycles. The van der Waals surface area contributed by atoms with Crippen LogP contribution in [0.1, 0.15) is 40.7 Å². The molecule has 0 radical (unpaired) electrons. The Labute approximate surface area is 225 Å². The van der Waals surface area contributed by atoms with Gasteiger partial charge in [-0.1, -0.05) is 91.0 Å². The molecule has 0 aliphatic carbocycles. The lowest BCUT2D eigenvalue weighted by Gasteiger charge is -2.34. The normalized spacial score (nSPS) is 13.0. The van der Waals surface area contributed by atoms with E-state index < -0.39 is 0 Å². The van der Waals surface area contributed by atoms with Crippen molar-refractivity contribution in [2.45, 2.75) is 25.3 Å². The van der Waals surface area contributed by atoms with Gasteiger partial charge in [0.2, 0.25) is 0 Å². The molecule has 38 heavy (non-hydrogen) atoms. The molecule has 0 fully saturated rings. The van der Waals surface area contributed by atoms with E-state index >= 15 is 0 Å². The molecule has 0 spiro atoms. The van der Waals surface area contributed by atoms with Crippen molar-refractivity contribution in [2.24, 2.45) is 0 Å². The van der Waals surface area contributed by atoms with Crippen LogP contribution in [0.25, 0.3) is 27.6 Å². The van der Waals surface area contributed by atoms with Gasteiger partial charge in [0.15, 0.2) is 0 Å². The van der Waals surface area contributed by atoms with Crippen molar-refractivity contribution in [2.75, 3.05) is 19.1 Å². The molecule has 0 aliphatic heterocycles. The van der Waals surface area contributed by atoms with E-state index in [0.717, 1.165) is 6.42 Å². The molecular formula is C35H33NO2. The van der Waals surface area contributed by atoms with Gasteiger partial charge in [0, 0.05) is 24.7 Å². The van der Waals surface area contributed by atoms with E-state index in [-0.39, 0.29) is 17.9 Å². The first-order chi connectivity index (χ1) is 18.5. The minimum Gasteiger partial charge on any atom is -0.465 e. The molecule has 3 heteroatoms. The number of carbonyl (C=O) groups is 1. The van der Waals surface area contributed by atoms with Crippen molar-refractivity contribution in [3.63, 3.8) is 0 Å². The standard InChI is InChI=1S/C35H33NO2/c1-25(36(2)33-22-21-28-11-5-7-13-32(28)24-33)34(29-17-19-30(20-18-29)35(37)38-3)14-8-9-26-15-16-27-10-4-6-12-31(27)23-26/h4-13,15-25,34H,14H2,1-3H3. The fraction of sp³-hybridized carbons (Fsp3) is 0.171. The van der Waals surface area contributed by atoms with Gasteiger partial charge in [0.25, 0.3) is 0 Å². The number of hydrogen-bond donors (Lipinski definition) is 0. The zero-order chi connectivity index (χ0) is 26.5. The number of hydrogen-bond acceptors (Lipinski definition) is 3. The number of rotatable bonds is 8. The molecule has 0 amide bonds. The zero-order valence-corrected chi connectivity index (χ0v) is 22.2. The van der Waals surface area contributed by atoms with Crippen LogP contribution in [0.4, 0.5) is 5.69 Å².